The summed E-state index contributed by atoms with van der Waals surface area (Å²) >= 11 is 0.984. The van der Waals surface area contributed by atoms with Crippen LogP contribution in [0, 0.1) is 13.8 Å². The van der Waals surface area contributed by atoms with Gasteiger partial charge in [0.15, 0.2) is 5.13 Å². The van der Waals surface area contributed by atoms with Crippen molar-refractivity contribution in [1.29, 1.82) is 0 Å². The Kier molecular flexibility index (Phi) is 4.92. The predicted octanol–water partition coefficient (Wildman–Crippen LogP) is 3.86. The van der Waals surface area contributed by atoms with Gasteiger partial charge in [0, 0.05) is 12.0 Å². The zero-order valence-corrected chi connectivity index (χ0v) is 13.6. The summed E-state index contributed by atoms with van der Waals surface area (Å²) in [6, 6.07) is 5.70. The van der Waals surface area contributed by atoms with E-state index in [9.17, 15) is 14.7 Å². The lowest BCUT2D eigenvalue weighted by Crippen LogP contribution is -2.10. The van der Waals surface area contributed by atoms with E-state index in [0.29, 0.717) is 17.2 Å². The second kappa shape index (κ2) is 6.70. The lowest BCUT2D eigenvalue weighted by Gasteiger charge is -2.03. The smallest absolute Gasteiger partial charge is 0.348 e. The highest BCUT2D eigenvalue weighted by Gasteiger charge is 2.20. The molecule has 2 rings (SSSR count). The first-order valence-corrected chi connectivity index (χ1v) is 7.85. The summed E-state index contributed by atoms with van der Waals surface area (Å²) in [5, 5.41) is 12.3. The molecule has 0 fully saturated rings. The topological polar surface area (TPSA) is 79.3 Å². The maximum Gasteiger partial charge on any atom is 0.348 e. The minimum atomic E-state index is -1.04. The normalized spacial score (nSPS) is 10.5. The zero-order valence-electron chi connectivity index (χ0n) is 12.8. The fourth-order valence-corrected chi connectivity index (χ4v) is 2.85. The molecule has 0 atom stereocenters. The second-order valence-corrected chi connectivity index (χ2v) is 6.10. The number of aromatic nitrogens is 1. The van der Waals surface area contributed by atoms with E-state index >= 15 is 0 Å². The Labute approximate surface area is 133 Å². The van der Waals surface area contributed by atoms with Crippen molar-refractivity contribution >= 4 is 28.3 Å². The third-order valence-electron chi connectivity index (χ3n) is 3.33. The molecule has 6 heteroatoms. The van der Waals surface area contributed by atoms with Crippen molar-refractivity contribution < 1.29 is 14.7 Å². The van der Waals surface area contributed by atoms with E-state index in [4.69, 9.17) is 0 Å². The molecule has 0 saturated carbocycles. The summed E-state index contributed by atoms with van der Waals surface area (Å²) < 4.78 is 0. The quantitative estimate of drug-likeness (QED) is 0.877. The average Bonchev–Trinajstić information content (AvgIpc) is 2.86. The van der Waals surface area contributed by atoms with Crippen LogP contribution >= 0.6 is 11.3 Å². The van der Waals surface area contributed by atoms with E-state index in [2.05, 4.69) is 10.3 Å². The molecule has 0 bridgehead atoms. The molecule has 0 radical (unpaired) electrons. The highest BCUT2D eigenvalue weighted by molar-refractivity contribution is 7.18. The van der Waals surface area contributed by atoms with Crippen LogP contribution in [0.2, 0.25) is 0 Å². The number of rotatable bonds is 5. The number of anilines is 1. The maximum atomic E-state index is 11.6. The number of hydrogen-bond acceptors (Lipinski definition) is 4. The van der Waals surface area contributed by atoms with E-state index < -0.39 is 5.97 Å². The van der Waals surface area contributed by atoms with Crippen molar-refractivity contribution in [3.8, 4) is 11.3 Å². The van der Waals surface area contributed by atoms with Gasteiger partial charge in [0.2, 0.25) is 5.91 Å². The number of carboxylic acid groups (broad SMARTS) is 1. The molecule has 0 unspecified atom stereocenters. The average molecular weight is 318 g/mol. The van der Waals surface area contributed by atoms with Crippen LogP contribution in [0.15, 0.2) is 18.2 Å². The minimum Gasteiger partial charge on any atom is -0.477 e. The lowest BCUT2D eigenvalue weighted by molar-refractivity contribution is -0.116. The maximum absolute atomic E-state index is 11.6. The Hall–Kier alpha value is -2.21. The molecule has 0 aliphatic heterocycles. The van der Waals surface area contributed by atoms with Gasteiger partial charge in [0.05, 0.1) is 5.69 Å². The predicted molar refractivity (Wildman–Crippen MR) is 87.5 cm³/mol. The summed E-state index contributed by atoms with van der Waals surface area (Å²) in [6.45, 7) is 5.87. The minimum absolute atomic E-state index is 0.134. The van der Waals surface area contributed by atoms with Gasteiger partial charge in [0.25, 0.3) is 0 Å². The number of carboxylic acids is 1. The van der Waals surface area contributed by atoms with E-state index in [-0.39, 0.29) is 10.8 Å². The molecule has 1 aromatic heterocycles. The summed E-state index contributed by atoms with van der Waals surface area (Å²) in [4.78, 5) is 27.5. The van der Waals surface area contributed by atoms with Crippen molar-refractivity contribution in [3.05, 3.63) is 34.2 Å². The molecule has 0 saturated heterocycles. The van der Waals surface area contributed by atoms with Gasteiger partial charge in [0.1, 0.15) is 4.88 Å². The number of amides is 1. The van der Waals surface area contributed by atoms with Crippen LogP contribution in [0.5, 0.6) is 0 Å². The van der Waals surface area contributed by atoms with Gasteiger partial charge < -0.3 is 10.4 Å². The largest absolute Gasteiger partial charge is 0.477 e. The van der Waals surface area contributed by atoms with Gasteiger partial charge in [-0.2, -0.15) is 0 Å². The molecule has 2 N–H and O–H groups in total. The van der Waals surface area contributed by atoms with Gasteiger partial charge in [-0.1, -0.05) is 30.4 Å². The molecule has 5 nitrogen and oxygen atoms in total. The van der Waals surface area contributed by atoms with Crippen molar-refractivity contribution in [1.82, 2.24) is 4.98 Å². The standard InChI is InChI=1S/C16H18N2O3S/c1-4-5-12(19)17-16-18-13(14(22-16)15(20)21)11-7-6-9(2)10(3)8-11/h6-8H,4-5H2,1-3H3,(H,20,21)(H,17,18,19). The molecule has 2 aromatic rings. The highest BCUT2D eigenvalue weighted by atomic mass is 32.1. The Balaban J connectivity index is 2.41. The Morgan fingerprint density at radius 2 is 2.00 bits per heavy atom. The van der Waals surface area contributed by atoms with E-state index in [1.807, 2.05) is 39.0 Å². The van der Waals surface area contributed by atoms with Gasteiger partial charge in [-0.3, -0.25) is 4.79 Å². The lowest BCUT2D eigenvalue weighted by atomic mass is 10.0. The van der Waals surface area contributed by atoms with Crippen molar-refractivity contribution in [2.24, 2.45) is 0 Å². The summed E-state index contributed by atoms with van der Waals surface area (Å²) in [6.07, 6.45) is 1.12. The van der Waals surface area contributed by atoms with Crippen molar-refractivity contribution in [3.63, 3.8) is 0 Å². The van der Waals surface area contributed by atoms with Gasteiger partial charge >= 0.3 is 5.97 Å². The molecular formula is C16H18N2O3S. The zero-order chi connectivity index (χ0) is 16.3. The summed E-state index contributed by atoms with van der Waals surface area (Å²) in [5.74, 6) is -1.19. The van der Waals surface area contributed by atoms with Crippen molar-refractivity contribution in [2.75, 3.05) is 5.32 Å². The molecule has 0 aliphatic carbocycles. The molecule has 22 heavy (non-hydrogen) atoms. The highest BCUT2D eigenvalue weighted by Crippen LogP contribution is 2.32. The summed E-state index contributed by atoms with van der Waals surface area (Å²) in [7, 11) is 0. The summed E-state index contributed by atoms with van der Waals surface area (Å²) in [5.41, 5.74) is 3.34. The molecule has 0 aliphatic rings. The Bertz CT molecular complexity index is 722. The van der Waals surface area contributed by atoms with Crippen LogP contribution in [-0.4, -0.2) is 22.0 Å². The van der Waals surface area contributed by atoms with Crippen LogP contribution in [0.1, 0.15) is 40.6 Å². The van der Waals surface area contributed by atoms with E-state index in [1.54, 1.807) is 0 Å². The first-order chi connectivity index (χ1) is 10.4. The second-order valence-electron chi connectivity index (χ2n) is 5.10. The number of carbonyl (C=O) groups excluding carboxylic acids is 1. The number of thiazole rings is 1. The van der Waals surface area contributed by atoms with Crippen LogP contribution in [0.3, 0.4) is 0 Å². The molecular weight excluding hydrogens is 300 g/mol. The third-order valence-corrected chi connectivity index (χ3v) is 4.28. The molecule has 1 aromatic carbocycles. The Morgan fingerprint density at radius 1 is 1.27 bits per heavy atom. The number of aryl methyl sites for hydroxylation is 2. The Morgan fingerprint density at radius 3 is 2.59 bits per heavy atom. The first kappa shape index (κ1) is 16.2. The van der Waals surface area contributed by atoms with Gasteiger partial charge in [-0.25, -0.2) is 9.78 Å². The number of benzene rings is 1. The van der Waals surface area contributed by atoms with Crippen LogP contribution < -0.4 is 5.32 Å². The molecule has 1 heterocycles. The van der Waals surface area contributed by atoms with Gasteiger partial charge in [-0.15, -0.1) is 0 Å². The van der Waals surface area contributed by atoms with Crippen LogP contribution in [0.25, 0.3) is 11.3 Å². The number of nitrogens with zero attached hydrogens (tertiary/aromatic N) is 1. The third kappa shape index (κ3) is 3.51. The molecule has 0 spiro atoms. The number of nitrogens with one attached hydrogen (secondary N) is 1. The fraction of sp³-hybridized carbons (Fsp3) is 0.312. The van der Waals surface area contributed by atoms with E-state index in [0.717, 1.165) is 34.4 Å². The number of aromatic carboxylic acids is 1. The molecule has 1 amide bonds. The van der Waals surface area contributed by atoms with Crippen LogP contribution in [0.4, 0.5) is 5.13 Å². The monoisotopic (exact) mass is 318 g/mol. The number of carbonyl (C=O) groups is 2. The van der Waals surface area contributed by atoms with Crippen LogP contribution in [-0.2, 0) is 4.79 Å². The first-order valence-electron chi connectivity index (χ1n) is 7.04. The van der Waals surface area contributed by atoms with Crippen molar-refractivity contribution in [2.45, 2.75) is 33.6 Å². The number of hydrogen-bond donors (Lipinski definition) is 2. The fourth-order valence-electron chi connectivity index (χ4n) is 2.01. The van der Waals surface area contributed by atoms with Gasteiger partial charge in [-0.05, 0) is 37.5 Å². The molecule has 116 valence electrons. The SMILES string of the molecule is CCCC(=O)Nc1nc(-c2ccc(C)c(C)c2)c(C(=O)O)s1. The van der Waals surface area contributed by atoms with E-state index in [1.165, 1.54) is 0 Å².